The summed E-state index contributed by atoms with van der Waals surface area (Å²) in [5, 5.41) is 8.91. The van der Waals surface area contributed by atoms with Gasteiger partial charge in [0.1, 0.15) is 18.0 Å². The Morgan fingerprint density at radius 1 is 1.58 bits per heavy atom. The molecule has 0 aromatic carbocycles. The van der Waals surface area contributed by atoms with E-state index >= 15 is 0 Å². The number of aromatic nitrogens is 2. The molecule has 1 aromatic heterocycles. The molecule has 0 spiro atoms. The normalized spacial score (nSPS) is 27.7. The van der Waals surface area contributed by atoms with Gasteiger partial charge >= 0.3 is 11.9 Å². The van der Waals surface area contributed by atoms with Gasteiger partial charge in [-0.15, -0.1) is 0 Å². The maximum Gasteiger partial charge on any atom is 0.396 e. The summed E-state index contributed by atoms with van der Waals surface area (Å²) in [6, 6.07) is 1.21. The number of nitrogen functional groups attached to an aromatic ring is 1. The summed E-state index contributed by atoms with van der Waals surface area (Å²) in [7, 11) is 0. The molecule has 1 fully saturated rings. The van der Waals surface area contributed by atoms with E-state index in [0.29, 0.717) is 0 Å². The zero-order valence-electron chi connectivity index (χ0n) is 9.67. The van der Waals surface area contributed by atoms with E-state index < -0.39 is 43.1 Å². The van der Waals surface area contributed by atoms with Crippen LogP contribution in [0.25, 0.3) is 0 Å². The van der Waals surface area contributed by atoms with Gasteiger partial charge in [0.25, 0.3) is 0 Å². The number of ether oxygens (including phenoxy) is 1. The van der Waals surface area contributed by atoms with Crippen LogP contribution in [0.3, 0.4) is 0 Å². The quantitative estimate of drug-likeness (QED) is 0.811. The number of halogens is 3. The summed E-state index contributed by atoms with van der Waals surface area (Å²) in [4.78, 5) is 14.9. The minimum absolute atomic E-state index is 0.0819. The van der Waals surface area contributed by atoms with E-state index in [9.17, 15) is 18.0 Å². The molecule has 3 N–H and O–H groups in total. The third kappa shape index (κ3) is 2.71. The maximum atomic E-state index is 12.9. The molecule has 6 nitrogen and oxygen atoms in total. The van der Waals surface area contributed by atoms with Gasteiger partial charge in [0, 0.05) is 6.20 Å². The van der Waals surface area contributed by atoms with Crippen LogP contribution >= 0.6 is 0 Å². The van der Waals surface area contributed by atoms with Crippen LogP contribution in [0.15, 0.2) is 17.1 Å². The zero-order chi connectivity index (χ0) is 14.2. The Morgan fingerprint density at radius 3 is 2.79 bits per heavy atom. The lowest BCUT2D eigenvalue weighted by Gasteiger charge is -2.22. The Morgan fingerprint density at radius 2 is 2.26 bits per heavy atom. The predicted octanol–water partition coefficient (Wildman–Crippen LogP) is 0.284. The minimum Gasteiger partial charge on any atom is -0.394 e. The second-order valence-corrected chi connectivity index (χ2v) is 4.26. The average Bonchev–Trinajstić information content (AvgIpc) is 2.72. The lowest BCUT2D eigenvalue weighted by molar-refractivity contribution is -0.198. The van der Waals surface area contributed by atoms with Crippen molar-refractivity contribution >= 4 is 5.82 Å². The fourth-order valence-electron chi connectivity index (χ4n) is 2.04. The van der Waals surface area contributed by atoms with Gasteiger partial charge in [-0.25, -0.2) is 4.79 Å². The summed E-state index contributed by atoms with van der Waals surface area (Å²) in [5.74, 6) is -1.95. The Kier molecular flexibility index (Phi) is 3.50. The Balaban J connectivity index is 2.38. The molecule has 106 valence electrons. The second kappa shape index (κ2) is 4.82. The van der Waals surface area contributed by atoms with Gasteiger partial charge in [0.05, 0.1) is 12.7 Å². The van der Waals surface area contributed by atoms with Crippen molar-refractivity contribution < 1.29 is 23.0 Å². The number of rotatable bonds is 2. The smallest absolute Gasteiger partial charge is 0.394 e. The van der Waals surface area contributed by atoms with E-state index in [2.05, 4.69) is 4.98 Å². The molecule has 1 saturated heterocycles. The molecule has 1 aromatic rings. The molecular formula is C10H12F3N3O3. The lowest BCUT2D eigenvalue weighted by Crippen LogP contribution is -2.35. The largest absolute Gasteiger partial charge is 0.396 e. The van der Waals surface area contributed by atoms with E-state index in [4.69, 9.17) is 15.6 Å². The SMILES string of the molecule is Nc1ccn(C2OC(CO)CC2C(F)(F)F)c(=O)n1. The van der Waals surface area contributed by atoms with E-state index in [1.165, 1.54) is 6.07 Å². The number of nitrogens with two attached hydrogens (primary N) is 1. The Labute approximate surface area is 105 Å². The standard InChI is InChI=1S/C10H12F3N3O3/c11-10(12,13)6-3-5(4-17)19-8(6)16-2-1-7(14)15-9(16)18/h1-2,5-6,8,17H,3-4H2,(H2,14,15,18). The van der Waals surface area contributed by atoms with Crippen LogP contribution in [0.4, 0.5) is 19.0 Å². The molecular weight excluding hydrogens is 267 g/mol. The van der Waals surface area contributed by atoms with E-state index in [0.717, 1.165) is 10.8 Å². The molecule has 2 rings (SSSR count). The van der Waals surface area contributed by atoms with Crippen LogP contribution in [-0.4, -0.2) is 33.5 Å². The third-order valence-corrected chi connectivity index (χ3v) is 2.94. The van der Waals surface area contributed by atoms with Crippen molar-refractivity contribution in [2.24, 2.45) is 5.92 Å². The van der Waals surface area contributed by atoms with Crippen molar-refractivity contribution in [3.05, 3.63) is 22.7 Å². The van der Waals surface area contributed by atoms with Crippen molar-refractivity contribution in [2.75, 3.05) is 12.3 Å². The van der Waals surface area contributed by atoms with Crippen molar-refractivity contribution in [1.82, 2.24) is 9.55 Å². The third-order valence-electron chi connectivity index (χ3n) is 2.94. The molecule has 1 aliphatic rings. The number of anilines is 1. The Bertz CT molecular complexity index is 517. The summed E-state index contributed by atoms with van der Waals surface area (Å²) in [6.45, 7) is -0.541. The first-order chi connectivity index (χ1) is 8.82. The molecule has 3 atom stereocenters. The van der Waals surface area contributed by atoms with Gasteiger partial charge in [-0.3, -0.25) is 4.57 Å². The molecule has 2 heterocycles. The van der Waals surface area contributed by atoms with Gasteiger partial charge in [0.15, 0.2) is 0 Å². The summed E-state index contributed by atoms with van der Waals surface area (Å²) >= 11 is 0. The van der Waals surface area contributed by atoms with Crippen molar-refractivity contribution in [3.63, 3.8) is 0 Å². The number of aliphatic hydroxyl groups is 1. The topological polar surface area (TPSA) is 90.4 Å². The van der Waals surface area contributed by atoms with Gasteiger partial charge in [-0.05, 0) is 12.5 Å². The molecule has 19 heavy (non-hydrogen) atoms. The molecule has 0 radical (unpaired) electrons. The van der Waals surface area contributed by atoms with Crippen LogP contribution < -0.4 is 11.4 Å². The predicted molar refractivity (Wildman–Crippen MR) is 58.1 cm³/mol. The highest BCUT2D eigenvalue weighted by atomic mass is 19.4. The zero-order valence-corrected chi connectivity index (χ0v) is 9.67. The van der Waals surface area contributed by atoms with Crippen molar-refractivity contribution in [3.8, 4) is 0 Å². The maximum absolute atomic E-state index is 12.9. The number of alkyl halides is 3. The molecule has 0 aliphatic carbocycles. The minimum atomic E-state index is -4.53. The monoisotopic (exact) mass is 279 g/mol. The highest BCUT2D eigenvalue weighted by Gasteiger charge is 2.52. The number of hydrogen-bond acceptors (Lipinski definition) is 5. The summed E-state index contributed by atoms with van der Waals surface area (Å²) < 4.78 is 44.5. The van der Waals surface area contributed by atoms with Gasteiger partial charge in [0.2, 0.25) is 0 Å². The lowest BCUT2D eigenvalue weighted by atomic mass is 10.0. The highest BCUT2D eigenvalue weighted by molar-refractivity contribution is 5.23. The van der Waals surface area contributed by atoms with Crippen LogP contribution in [0.5, 0.6) is 0 Å². The average molecular weight is 279 g/mol. The fraction of sp³-hybridized carbons (Fsp3) is 0.600. The number of nitrogens with zero attached hydrogens (tertiary/aromatic N) is 2. The molecule has 3 unspecified atom stereocenters. The fourth-order valence-corrected chi connectivity index (χ4v) is 2.04. The first-order valence-electron chi connectivity index (χ1n) is 5.50. The van der Waals surface area contributed by atoms with Gasteiger partial charge in [-0.2, -0.15) is 18.2 Å². The highest BCUT2D eigenvalue weighted by Crippen LogP contribution is 2.44. The molecule has 0 saturated carbocycles. The van der Waals surface area contributed by atoms with Crippen LogP contribution in [0, 0.1) is 5.92 Å². The van der Waals surface area contributed by atoms with Crippen LogP contribution in [0.2, 0.25) is 0 Å². The second-order valence-electron chi connectivity index (χ2n) is 4.26. The summed E-state index contributed by atoms with van der Waals surface area (Å²) in [6.07, 6.45) is -6.32. The van der Waals surface area contributed by atoms with E-state index in [1.807, 2.05) is 0 Å². The summed E-state index contributed by atoms with van der Waals surface area (Å²) in [5.41, 5.74) is 4.35. The van der Waals surface area contributed by atoms with Crippen LogP contribution in [-0.2, 0) is 4.74 Å². The van der Waals surface area contributed by atoms with Crippen LogP contribution in [0.1, 0.15) is 12.6 Å². The molecule has 0 amide bonds. The van der Waals surface area contributed by atoms with Crippen molar-refractivity contribution in [1.29, 1.82) is 0 Å². The van der Waals surface area contributed by atoms with Crippen molar-refractivity contribution in [2.45, 2.75) is 24.9 Å². The first-order valence-corrected chi connectivity index (χ1v) is 5.50. The van der Waals surface area contributed by atoms with Gasteiger partial charge in [-0.1, -0.05) is 0 Å². The Hall–Kier alpha value is -1.61. The van der Waals surface area contributed by atoms with Gasteiger partial charge < -0.3 is 15.6 Å². The molecule has 0 bridgehead atoms. The number of hydrogen-bond donors (Lipinski definition) is 2. The molecule has 1 aliphatic heterocycles. The van der Waals surface area contributed by atoms with E-state index in [1.54, 1.807) is 0 Å². The number of aliphatic hydroxyl groups excluding tert-OH is 1. The molecule has 9 heteroatoms. The van der Waals surface area contributed by atoms with E-state index in [-0.39, 0.29) is 5.82 Å². The first kappa shape index (κ1) is 13.8.